The Morgan fingerprint density at radius 3 is 2.60 bits per heavy atom. The molecule has 0 N–H and O–H groups in total. The van der Waals surface area contributed by atoms with Crippen molar-refractivity contribution in [3.63, 3.8) is 0 Å². The lowest BCUT2D eigenvalue weighted by molar-refractivity contribution is -0.192. The van der Waals surface area contributed by atoms with Crippen LogP contribution in [0, 0.1) is 22.6 Å². The molecule has 30 heavy (non-hydrogen) atoms. The summed E-state index contributed by atoms with van der Waals surface area (Å²) >= 11 is 0. The van der Waals surface area contributed by atoms with E-state index in [1.165, 1.54) is 12.1 Å². The van der Waals surface area contributed by atoms with E-state index in [1.54, 1.807) is 0 Å². The van der Waals surface area contributed by atoms with Gasteiger partial charge >= 0.3 is 6.18 Å². The minimum absolute atomic E-state index is 0.134. The molecule has 1 unspecified atom stereocenters. The molecular weight excluding hydrogens is 428 g/mol. The summed E-state index contributed by atoms with van der Waals surface area (Å²) in [5.74, 6) is -2.12. The maximum absolute atomic E-state index is 14.1. The van der Waals surface area contributed by atoms with Crippen LogP contribution in [0.25, 0.3) is 11.4 Å². The SMILES string of the molecule is N#CC1(CS(=O)(=O)N2CCC(c3nc(-c4cccc(F)c4)no3)(C(F)(F)F)C2)CC1. The zero-order valence-corrected chi connectivity index (χ0v) is 16.3. The molecule has 7 nitrogen and oxygen atoms in total. The Hall–Kier alpha value is -2.52. The summed E-state index contributed by atoms with van der Waals surface area (Å²) in [6.07, 6.45) is -4.65. The maximum atomic E-state index is 14.1. The topological polar surface area (TPSA) is 100 Å². The summed E-state index contributed by atoms with van der Waals surface area (Å²) in [6.45, 7) is -1.30. The number of hydrogen-bond acceptors (Lipinski definition) is 6. The van der Waals surface area contributed by atoms with E-state index >= 15 is 0 Å². The van der Waals surface area contributed by atoms with E-state index in [0.717, 1.165) is 16.4 Å². The van der Waals surface area contributed by atoms with Gasteiger partial charge in [-0.05, 0) is 31.4 Å². The van der Waals surface area contributed by atoms with Crippen LogP contribution in [0.15, 0.2) is 28.8 Å². The van der Waals surface area contributed by atoms with E-state index in [0.29, 0.717) is 12.8 Å². The highest BCUT2D eigenvalue weighted by atomic mass is 32.2. The molecule has 1 atom stereocenters. The molecule has 2 heterocycles. The lowest BCUT2D eigenvalue weighted by Crippen LogP contribution is -2.46. The summed E-state index contributed by atoms with van der Waals surface area (Å²) < 4.78 is 86.6. The summed E-state index contributed by atoms with van der Waals surface area (Å²) in [6, 6.07) is 6.93. The molecule has 2 fully saturated rings. The van der Waals surface area contributed by atoms with Gasteiger partial charge in [0.15, 0.2) is 5.41 Å². The van der Waals surface area contributed by atoms with Crippen molar-refractivity contribution in [1.82, 2.24) is 14.4 Å². The molecule has 0 amide bonds. The van der Waals surface area contributed by atoms with Crippen LogP contribution < -0.4 is 0 Å². The van der Waals surface area contributed by atoms with Crippen LogP contribution in [-0.4, -0.2) is 47.9 Å². The molecule has 1 aliphatic heterocycles. The van der Waals surface area contributed by atoms with E-state index < -0.39 is 57.5 Å². The quantitative estimate of drug-likeness (QED) is 0.658. The third kappa shape index (κ3) is 3.45. The molecule has 2 aromatic rings. The number of nitrogens with zero attached hydrogens (tertiary/aromatic N) is 4. The molecule has 2 aliphatic rings. The number of rotatable bonds is 5. The second-order valence-electron chi connectivity index (χ2n) is 7.75. The van der Waals surface area contributed by atoms with Crippen LogP contribution >= 0.6 is 0 Å². The summed E-state index contributed by atoms with van der Waals surface area (Å²) in [5.41, 5.74) is -3.56. The summed E-state index contributed by atoms with van der Waals surface area (Å²) in [4.78, 5) is 3.82. The van der Waals surface area contributed by atoms with Gasteiger partial charge in [0, 0.05) is 18.7 Å². The molecule has 1 aromatic carbocycles. The number of aromatic nitrogens is 2. The summed E-state index contributed by atoms with van der Waals surface area (Å²) in [7, 11) is -4.09. The Kier molecular flexibility index (Phi) is 4.66. The van der Waals surface area contributed by atoms with Crippen LogP contribution in [0.1, 0.15) is 25.2 Å². The first-order valence-electron chi connectivity index (χ1n) is 9.06. The lowest BCUT2D eigenvalue weighted by Gasteiger charge is -2.28. The fourth-order valence-electron chi connectivity index (χ4n) is 3.58. The van der Waals surface area contributed by atoms with Gasteiger partial charge in [0.05, 0.1) is 17.2 Å². The molecule has 0 radical (unpaired) electrons. The second-order valence-corrected chi connectivity index (χ2v) is 9.71. The van der Waals surface area contributed by atoms with E-state index in [9.17, 15) is 26.0 Å². The van der Waals surface area contributed by atoms with Gasteiger partial charge in [0.2, 0.25) is 21.7 Å². The van der Waals surface area contributed by atoms with Crippen LogP contribution in [0.3, 0.4) is 0 Å². The van der Waals surface area contributed by atoms with Crippen molar-refractivity contribution < 1.29 is 30.5 Å². The standard InChI is InChI=1S/C18H16F4N4O3S/c19-13-3-1-2-12(8-13)14-24-15(29-25-14)17(18(20,21)22)6-7-26(10-17)30(27,28)11-16(9-23)4-5-16/h1-3,8H,4-7,10-11H2. The average molecular weight is 444 g/mol. The minimum atomic E-state index is -4.87. The predicted molar refractivity (Wildman–Crippen MR) is 94.7 cm³/mol. The molecule has 160 valence electrons. The van der Waals surface area contributed by atoms with E-state index in [4.69, 9.17) is 9.78 Å². The number of halogens is 4. The number of hydrogen-bond donors (Lipinski definition) is 0. The smallest absolute Gasteiger partial charge is 0.338 e. The molecule has 1 aliphatic carbocycles. The zero-order valence-electron chi connectivity index (χ0n) is 15.5. The number of benzene rings is 1. The molecule has 4 rings (SSSR count). The zero-order chi connectivity index (χ0) is 21.8. The van der Waals surface area contributed by atoms with Gasteiger partial charge < -0.3 is 4.52 Å². The largest absolute Gasteiger partial charge is 0.404 e. The van der Waals surface area contributed by atoms with Gasteiger partial charge in [0.25, 0.3) is 0 Å². The molecule has 0 spiro atoms. The molecule has 1 saturated carbocycles. The van der Waals surface area contributed by atoms with Gasteiger partial charge in [-0.3, -0.25) is 0 Å². The fourth-order valence-corrected chi connectivity index (χ4v) is 5.60. The monoisotopic (exact) mass is 444 g/mol. The fraction of sp³-hybridized carbons (Fsp3) is 0.500. The number of sulfonamides is 1. The van der Waals surface area contributed by atoms with Gasteiger partial charge in [0.1, 0.15) is 5.82 Å². The van der Waals surface area contributed by atoms with Crippen LogP contribution in [-0.2, 0) is 15.4 Å². The molecule has 1 aromatic heterocycles. The Bertz CT molecular complexity index is 1120. The van der Waals surface area contributed by atoms with Crippen molar-refractivity contribution in [2.45, 2.75) is 30.9 Å². The van der Waals surface area contributed by atoms with Gasteiger partial charge in [-0.15, -0.1) is 0 Å². The van der Waals surface area contributed by atoms with Crippen LogP contribution in [0.5, 0.6) is 0 Å². The number of alkyl halides is 3. The highest BCUT2D eigenvalue weighted by Gasteiger charge is 2.64. The Morgan fingerprint density at radius 2 is 2.00 bits per heavy atom. The van der Waals surface area contributed by atoms with Crippen molar-refractivity contribution in [3.05, 3.63) is 36.0 Å². The van der Waals surface area contributed by atoms with E-state index in [1.807, 2.05) is 6.07 Å². The number of nitriles is 1. The molecule has 12 heteroatoms. The maximum Gasteiger partial charge on any atom is 0.404 e. The van der Waals surface area contributed by atoms with Crippen molar-refractivity contribution in [2.75, 3.05) is 18.8 Å². The Labute approximate surface area is 169 Å². The van der Waals surface area contributed by atoms with Gasteiger partial charge in [-0.1, -0.05) is 17.3 Å². The lowest BCUT2D eigenvalue weighted by atomic mass is 9.86. The first-order valence-corrected chi connectivity index (χ1v) is 10.7. The average Bonchev–Trinajstić information content (AvgIpc) is 3.10. The first kappa shape index (κ1) is 20.7. The summed E-state index contributed by atoms with van der Waals surface area (Å²) in [5, 5.41) is 12.7. The van der Waals surface area contributed by atoms with E-state index in [-0.39, 0.29) is 17.9 Å². The highest BCUT2D eigenvalue weighted by molar-refractivity contribution is 7.89. The van der Waals surface area contributed by atoms with Gasteiger partial charge in [-0.25, -0.2) is 17.1 Å². The minimum Gasteiger partial charge on any atom is -0.338 e. The second kappa shape index (κ2) is 6.75. The van der Waals surface area contributed by atoms with Crippen LogP contribution in [0.4, 0.5) is 17.6 Å². The Balaban J connectivity index is 1.65. The van der Waals surface area contributed by atoms with Crippen molar-refractivity contribution in [2.24, 2.45) is 5.41 Å². The van der Waals surface area contributed by atoms with Crippen molar-refractivity contribution >= 4 is 10.0 Å². The Morgan fingerprint density at radius 1 is 1.27 bits per heavy atom. The van der Waals surface area contributed by atoms with Gasteiger partial charge in [-0.2, -0.15) is 23.4 Å². The molecular formula is C18H16F4N4O3S. The van der Waals surface area contributed by atoms with E-state index in [2.05, 4.69) is 10.1 Å². The first-order chi connectivity index (χ1) is 14.0. The normalized spacial score (nSPS) is 24.0. The van der Waals surface area contributed by atoms with Crippen LogP contribution in [0.2, 0.25) is 0 Å². The third-order valence-corrected chi connectivity index (χ3v) is 7.65. The highest BCUT2D eigenvalue weighted by Crippen LogP contribution is 2.50. The predicted octanol–water partition coefficient (Wildman–Crippen LogP) is 3.02. The van der Waals surface area contributed by atoms with Crippen molar-refractivity contribution in [1.29, 1.82) is 5.26 Å². The molecule has 1 saturated heterocycles. The third-order valence-electron chi connectivity index (χ3n) is 5.64. The van der Waals surface area contributed by atoms with Crippen molar-refractivity contribution in [3.8, 4) is 17.5 Å². The molecule has 0 bridgehead atoms.